The Morgan fingerprint density at radius 2 is 1.96 bits per heavy atom. The molecule has 1 saturated heterocycles. The molecule has 0 spiro atoms. The summed E-state index contributed by atoms with van der Waals surface area (Å²) < 4.78 is 5.38. The lowest BCUT2D eigenvalue weighted by Crippen LogP contribution is -2.45. The lowest BCUT2D eigenvalue weighted by molar-refractivity contribution is -0.124. The van der Waals surface area contributed by atoms with E-state index in [0.29, 0.717) is 36.9 Å². The predicted octanol–water partition coefficient (Wildman–Crippen LogP) is 2.38. The molecule has 23 heavy (non-hydrogen) atoms. The summed E-state index contributed by atoms with van der Waals surface area (Å²) in [5, 5.41) is 3.10. The van der Waals surface area contributed by atoms with Crippen LogP contribution in [0.25, 0.3) is 0 Å². The molecule has 0 aromatic rings. The van der Waals surface area contributed by atoms with Gasteiger partial charge >= 0.3 is 0 Å². The van der Waals surface area contributed by atoms with Crippen molar-refractivity contribution in [2.45, 2.75) is 71.3 Å². The van der Waals surface area contributed by atoms with Crippen LogP contribution < -0.4 is 11.1 Å². The van der Waals surface area contributed by atoms with Crippen molar-refractivity contribution in [3.8, 4) is 0 Å². The number of ether oxygens (including phenoxy) is 1. The van der Waals surface area contributed by atoms with Crippen molar-refractivity contribution in [3.63, 3.8) is 0 Å². The van der Waals surface area contributed by atoms with Crippen molar-refractivity contribution >= 4 is 11.8 Å². The highest BCUT2D eigenvalue weighted by Gasteiger charge is 2.31. The zero-order valence-electron chi connectivity index (χ0n) is 14.6. The third-order valence-corrected chi connectivity index (χ3v) is 5.38. The highest BCUT2D eigenvalue weighted by molar-refractivity contribution is 5.79. The largest absolute Gasteiger partial charge is 0.381 e. The normalized spacial score (nSPS) is 26.4. The molecule has 1 heterocycles. The van der Waals surface area contributed by atoms with Crippen LogP contribution in [0.4, 0.5) is 0 Å². The van der Waals surface area contributed by atoms with Crippen LogP contribution in [0.5, 0.6) is 0 Å². The van der Waals surface area contributed by atoms with E-state index in [-0.39, 0.29) is 24.3 Å². The van der Waals surface area contributed by atoms with Crippen LogP contribution in [0.3, 0.4) is 0 Å². The van der Waals surface area contributed by atoms with Gasteiger partial charge in [-0.25, -0.2) is 0 Å². The van der Waals surface area contributed by atoms with Crippen molar-refractivity contribution in [1.82, 2.24) is 5.32 Å². The zero-order chi connectivity index (χ0) is 16.9. The fourth-order valence-electron chi connectivity index (χ4n) is 4.23. The minimum absolute atomic E-state index is 0.0745. The van der Waals surface area contributed by atoms with Crippen LogP contribution in [0.1, 0.15) is 65.2 Å². The molecule has 2 atom stereocenters. The Morgan fingerprint density at radius 3 is 2.57 bits per heavy atom. The average molecular weight is 324 g/mol. The number of nitrogens with one attached hydrogen (secondary N) is 1. The number of amides is 2. The summed E-state index contributed by atoms with van der Waals surface area (Å²) in [5.74, 6) is 0.483. The molecule has 0 bridgehead atoms. The molecule has 2 rings (SSSR count). The van der Waals surface area contributed by atoms with Crippen molar-refractivity contribution in [3.05, 3.63) is 0 Å². The van der Waals surface area contributed by atoms with Gasteiger partial charge in [-0.3, -0.25) is 9.59 Å². The molecule has 1 aliphatic carbocycles. The van der Waals surface area contributed by atoms with Gasteiger partial charge in [-0.05, 0) is 49.4 Å². The second-order valence-electron chi connectivity index (χ2n) is 8.12. The first-order valence-corrected chi connectivity index (χ1v) is 9.01. The van der Waals surface area contributed by atoms with Gasteiger partial charge in [0.1, 0.15) is 0 Å². The fourth-order valence-corrected chi connectivity index (χ4v) is 4.23. The van der Waals surface area contributed by atoms with E-state index in [4.69, 9.17) is 10.5 Å². The van der Waals surface area contributed by atoms with Crippen LogP contribution >= 0.6 is 0 Å². The van der Waals surface area contributed by atoms with Crippen LogP contribution in [0, 0.1) is 17.3 Å². The van der Waals surface area contributed by atoms with E-state index in [1.54, 1.807) is 0 Å². The third kappa shape index (κ3) is 6.13. The Kier molecular flexibility index (Phi) is 6.45. The SMILES string of the molecule is CC1(C)CCC[C@@H](CC(=O)N[C@H](CC(N)=O)C2CCOCC2)C1. The summed E-state index contributed by atoms with van der Waals surface area (Å²) in [4.78, 5) is 23.8. The molecule has 0 radical (unpaired) electrons. The zero-order valence-corrected chi connectivity index (χ0v) is 14.6. The Labute approximate surface area is 139 Å². The summed E-state index contributed by atoms with van der Waals surface area (Å²) in [6.07, 6.45) is 7.26. The van der Waals surface area contributed by atoms with E-state index >= 15 is 0 Å². The number of hydrogen-bond donors (Lipinski definition) is 2. The van der Waals surface area contributed by atoms with Gasteiger partial charge in [0.2, 0.25) is 11.8 Å². The molecular weight excluding hydrogens is 292 g/mol. The van der Waals surface area contributed by atoms with Gasteiger partial charge in [-0.2, -0.15) is 0 Å². The molecule has 2 fully saturated rings. The topological polar surface area (TPSA) is 81.4 Å². The first-order valence-electron chi connectivity index (χ1n) is 9.01. The van der Waals surface area contributed by atoms with E-state index < -0.39 is 0 Å². The minimum Gasteiger partial charge on any atom is -0.381 e. The molecule has 0 aromatic carbocycles. The van der Waals surface area contributed by atoms with Crippen LogP contribution in [0.2, 0.25) is 0 Å². The van der Waals surface area contributed by atoms with E-state index in [2.05, 4.69) is 19.2 Å². The van der Waals surface area contributed by atoms with Crippen molar-refractivity contribution in [1.29, 1.82) is 0 Å². The molecule has 5 heteroatoms. The van der Waals surface area contributed by atoms with Crippen LogP contribution in [-0.2, 0) is 14.3 Å². The lowest BCUT2D eigenvalue weighted by atomic mass is 9.71. The highest BCUT2D eigenvalue weighted by atomic mass is 16.5. The van der Waals surface area contributed by atoms with Gasteiger partial charge < -0.3 is 15.8 Å². The molecule has 0 aromatic heterocycles. The number of carbonyl (C=O) groups excluding carboxylic acids is 2. The minimum atomic E-state index is -0.347. The first-order chi connectivity index (χ1) is 10.9. The quantitative estimate of drug-likeness (QED) is 0.787. The maximum atomic E-state index is 12.5. The molecule has 3 N–H and O–H groups in total. The fraction of sp³-hybridized carbons (Fsp3) is 0.889. The molecular formula is C18H32N2O3. The maximum absolute atomic E-state index is 12.5. The molecule has 0 unspecified atom stereocenters. The lowest BCUT2D eigenvalue weighted by Gasteiger charge is -2.35. The summed E-state index contributed by atoms with van der Waals surface area (Å²) in [5.41, 5.74) is 5.72. The summed E-state index contributed by atoms with van der Waals surface area (Å²) in [7, 11) is 0. The summed E-state index contributed by atoms with van der Waals surface area (Å²) in [6.45, 7) is 5.98. The third-order valence-electron chi connectivity index (χ3n) is 5.38. The van der Waals surface area contributed by atoms with Crippen molar-refractivity contribution in [2.24, 2.45) is 23.0 Å². The van der Waals surface area contributed by atoms with Gasteiger partial charge in [0.05, 0.1) is 0 Å². The maximum Gasteiger partial charge on any atom is 0.220 e. The molecule has 2 aliphatic rings. The van der Waals surface area contributed by atoms with Gasteiger partial charge in [0.25, 0.3) is 0 Å². The Balaban J connectivity index is 1.87. The Hall–Kier alpha value is -1.10. The Morgan fingerprint density at radius 1 is 1.26 bits per heavy atom. The first kappa shape index (κ1) is 18.2. The van der Waals surface area contributed by atoms with Crippen LogP contribution in [0.15, 0.2) is 0 Å². The van der Waals surface area contributed by atoms with Gasteiger partial charge in [-0.15, -0.1) is 0 Å². The second kappa shape index (κ2) is 8.13. The van der Waals surface area contributed by atoms with Gasteiger partial charge in [0.15, 0.2) is 0 Å². The number of carbonyl (C=O) groups is 2. The molecule has 1 aliphatic heterocycles. The predicted molar refractivity (Wildman–Crippen MR) is 89.6 cm³/mol. The van der Waals surface area contributed by atoms with E-state index in [1.807, 2.05) is 0 Å². The standard InChI is InChI=1S/C18H32N2O3/c1-18(2)7-3-4-13(12-18)10-17(22)20-15(11-16(19)21)14-5-8-23-9-6-14/h13-15H,3-12H2,1-2H3,(H2,19,21)(H,20,22)/t13-,15+/m0/s1. The van der Waals surface area contributed by atoms with E-state index in [1.165, 1.54) is 12.8 Å². The smallest absolute Gasteiger partial charge is 0.220 e. The highest BCUT2D eigenvalue weighted by Crippen LogP contribution is 2.39. The number of rotatable bonds is 6. The summed E-state index contributed by atoms with van der Waals surface area (Å²) in [6, 6.07) is -0.138. The number of nitrogens with two attached hydrogens (primary N) is 1. The molecule has 1 saturated carbocycles. The second-order valence-corrected chi connectivity index (χ2v) is 8.12. The number of hydrogen-bond acceptors (Lipinski definition) is 3. The van der Waals surface area contributed by atoms with E-state index in [9.17, 15) is 9.59 Å². The van der Waals surface area contributed by atoms with Gasteiger partial charge in [-0.1, -0.05) is 20.3 Å². The van der Waals surface area contributed by atoms with Crippen molar-refractivity contribution in [2.75, 3.05) is 13.2 Å². The van der Waals surface area contributed by atoms with Crippen molar-refractivity contribution < 1.29 is 14.3 Å². The van der Waals surface area contributed by atoms with Crippen LogP contribution in [-0.4, -0.2) is 31.1 Å². The molecule has 132 valence electrons. The summed E-state index contributed by atoms with van der Waals surface area (Å²) >= 11 is 0. The monoisotopic (exact) mass is 324 g/mol. The number of primary amides is 1. The van der Waals surface area contributed by atoms with E-state index in [0.717, 1.165) is 25.7 Å². The molecule has 2 amide bonds. The average Bonchev–Trinajstić information content (AvgIpc) is 2.46. The van der Waals surface area contributed by atoms with Gasteiger partial charge in [0, 0.05) is 32.1 Å². The molecule has 5 nitrogen and oxygen atoms in total. The Bertz CT molecular complexity index is 416.